The zero-order valence-corrected chi connectivity index (χ0v) is 21.6. The van der Waals surface area contributed by atoms with Gasteiger partial charge in [0.15, 0.2) is 5.65 Å². The van der Waals surface area contributed by atoms with Crippen LogP contribution in [0.15, 0.2) is 146 Å². The van der Waals surface area contributed by atoms with Crippen molar-refractivity contribution in [3.63, 3.8) is 0 Å². The Balaban J connectivity index is 1.40. The maximum absolute atomic E-state index is 5.31. The van der Waals surface area contributed by atoms with Crippen LogP contribution in [0.5, 0.6) is 0 Å². The molecular weight excluding hydrogens is 488 g/mol. The molecular formula is C36H24N4. The summed E-state index contributed by atoms with van der Waals surface area (Å²) >= 11 is 0. The van der Waals surface area contributed by atoms with Crippen molar-refractivity contribution in [2.45, 2.75) is 0 Å². The van der Waals surface area contributed by atoms with Crippen LogP contribution in [0.4, 0.5) is 0 Å². The van der Waals surface area contributed by atoms with Gasteiger partial charge in [0.1, 0.15) is 11.3 Å². The number of benzene rings is 5. The molecule has 0 spiro atoms. The minimum absolute atomic E-state index is 0.827. The van der Waals surface area contributed by atoms with Gasteiger partial charge in [0.25, 0.3) is 0 Å². The highest BCUT2D eigenvalue weighted by Gasteiger charge is 2.21. The lowest BCUT2D eigenvalue weighted by atomic mass is 10.0. The number of aromatic nitrogens is 4. The van der Waals surface area contributed by atoms with Crippen LogP contribution in [0.2, 0.25) is 0 Å². The van der Waals surface area contributed by atoms with Crippen LogP contribution < -0.4 is 0 Å². The molecule has 8 aromatic rings. The lowest BCUT2D eigenvalue weighted by Crippen LogP contribution is -1.99. The van der Waals surface area contributed by atoms with Gasteiger partial charge >= 0.3 is 0 Å². The first kappa shape index (κ1) is 22.5. The summed E-state index contributed by atoms with van der Waals surface area (Å²) < 4.78 is 4.49. The first-order valence-electron chi connectivity index (χ1n) is 13.4. The fourth-order valence-corrected chi connectivity index (χ4v) is 5.78. The van der Waals surface area contributed by atoms with E-state index in [0.717, 1.165) is 45.0 Å². The Bertz CT molecular complexity index is 2080. The quantitative estimate of drug-likeness (QED) is 0.236. The standard InChI is InChI=1S/C36H24N4/c1-3-11-25(12-4-1)26-19-21-27(22-20-26)35-38-34-33(23-24-37-36(34)39(35)28-13-5-2-6-14-28)40-31-17-9-7-15-29(31)30-16-8-10-18-32(30)40/h1-24H. The lowest BCUT2D eigenvalue weighted by Gasteiger charge is -2.10. The summed E-state index contributed by atoms with van der Waals surface area (Å²) in [7, 11) is 0. The number of rotatable bonds is 4. The topological polar surface area (TPSA) is 35.6 Å². The number of nitrogens with zero attached hydrogens (tertiary/aromatic N) is 4. The van der Waals surface area contributed by atoms with Gasteiger partial charge in [-0.25, -0.2) is 9.97 Å². The highest BCUT2D eigenvalue weighted by Crippen LogP contribution is 2.36. The first-order valence-corrected chi connectivity index (χ1v) is 13.4. The van der Waals surface area contributed by atoms with Gasteiger partial charge in [-0.05, 0) is 41.5 Å². The molecule has 0 saturated heterocycles. The van der Waals surface area contributed by atoms with E-state index in [1.54, 1.807) is 0 Å². The highest BCUT2D eigenvalue weighted by molar-refractivity contribution is 6.10. The van der Waals surface area contributed by atoms with Crippen molar-refractivity contribution in [3.05, 3.63) is 146 Å². The van der Waals surface area contributed by atoms with Crippen LogP contribution in [0.25, 0.3) is 66.9 Å². The van der Waals surface area contributed by atoms with E-state index in [1.807, 2.05) is 18.3 Å². The van der Waals surface area contributed by atoms with Crippen molar-refractivity contribution in [1.29, 1.82) is 0 Å². The molecule has 0 unspecified atom stereocenters. The molecule has 0 aliphatic carbocycles. The third kappa shape index (κ3) is 3.47. The monoisotopic (exact) mass is 512 g/mol. The molecule has 188 valence electrons. The summed E-state index contributed by atoms with van der Waals surface area (Å²) in [5, 5.41) is 2.45. The second kappa shape index (κ2) is 9.07. The van der Waals surface area contributed by atoms with Gasteiger partial charge < -0.3 is 4.57 Å². The van der Waals surface area contributed by atoms with Crippen molar-refractivity contribution in [2.24, 2.45) is 0 Å². The van der Waals surface area contributed by atoms with Crippen LogP contribution >= 0.6 is 0 Å². The van der Waals surface area contributed by atoms with Crippen LogP contribution in [0, 0.1) is 0 Å². The molecule has 0 amide bonds. The summed E-state index contributed by atoms with van der Waals surface area (Å²) in [5.74, 6) is 0.863. The first-order chi connectivity index (χ1) is 19.9. The second-order valence-corrected chi connectivity index (χ2v) is 9.92. The molecule has 3 aromatic heterocycles. The van der Waals surface area contributed by atoms with Gasteiger partial charge in [0.2, 0.25) is 0 Å². The molecule has 0 saturated carbocycles. The third-order valence-electron chi connectivity index (χ3n) is 7.61. The Morgan fingerprint density at radius 1 is 0.450 bits per heavy atom. The zero-order chi connectivity index (χ0) is 26.5. The SMILES string of the molecule is c1ccc(-c2ccc(-c3nc4c(-n5c6ccccc6c6ccccc65)ccnc4n3-c3ccccc3)cc2)cc1. The normalized spacial score (nSPS) is 11.5. The van der Waals surface area contributed by atoms with Gasteiger partial charge in [-0.15, -0.1) is 0 Å². The molecule has 0 radical (unpaired) electrons. The fraction of sp³-hybridized carbons (Fsp3) is 0. The van der Waals surface area contributed by atoms with Crippen molar-refractivity contribution in [3.8, 4) is 33.9 Å². The number of pyridine rings is 1. The van der Waals surface area contributed by atoms with Crippen LogP contribution in [-0.4, -0.2) is 19.1 Å². The molecule has 0 aliphatic rings. The average Bonchev–Trinajstić information content (AvgIpc) is 3.59. The Kier molecular flexibility index (Phi) is 5.10. The highest BCUT2D eigenvalue weighted by atomic mass is 15.1. The van der Waals surface area contributed by atoms with E-state index in [0.29, 0.717) is 0 Å². The minimum Gasteiger partial charge on any atom is -0.307 e. The maximum Gasteiger partial charge on any atom is 0.167 e. The summed E-state index contributed by atoms with van der Waals surface area (Å²) in [6.45, 7) is 0. The summed E-state index contributed by atoms with van der Waals surface area (Å²) in [5.41, 5.74) is 9.44. The molecule has 4 nitrogen and oxygen atoms in total. The van der Waals surface area contributed by atoms with Gasteiger partial charge in [-0.2, -0.15) is 0 Å². The van der Waals surface area contributed by atoms with E-state index in [2.05, 4.69) is 137 Å². The maximum atomic E-state index is 5.31. The van der Waals surface area contributed by atoms with Crippen molar-refractivity contribution in [1.82, 2.24) is 19.1 Å². The largest absolute Gasteiger partial charge is 0.307 e. The zero-order valence-electron chi connectivity index (χ0n) is 21.6. The molecule has 0 N–H and O–H groups in total. The molecule has 5 aromatic carbocycles. The molecule has 4 heteroatoms. The Morgan fingerprint density at radius 2 is 1.00 bits per heavy atom. The fourth-order valence-electron chi connectivity index (χ4n) is 5.78. The van der Waals surface area contributed by atoms with E-state index in [1.165, 1.54) is 21.9 Å². The van der Waals surface area contributed by atoms with E-state index >= 15 is 0 Å². The van der Waals surface area contributed by atoms with Gasteiger partial charge in [-0.1, -0.05) is 109 Å². The third-order valence-corrected chi connectivity index (χ3v) is 7.61. The number of para-hydroxylation sites is 3. The van der Waals surface area contributed by atoms with Crippen LogP contribution in [0.3, 0.4) is 0 Å². The molecule has 8 rings (SSSR count). The lowest BCUT2D eigenvalue weighted by molar-refractivity contribution is 1.08. The minimum atomic E-state index is 0.827. The van der Waals surface area contributed by atoms with Crippen molar-refractivity contribution in [2.75, 3.05) is 0 Å². The number of hydrogen-bond acceptors (Lipinski definition) is 2. The van der Waals surface area contributed by atoms with Crippen LogP contribution in [0.1, 0.15) is 0 Å². The molecule has 40 heavy (non-hydrogen) atoms. The molecule has 0 bridgehead atoms. The second-order valence-electron chi connectivity index (χ2n) is 9.92. The smallest absolute Gasteiger partial charge is 0.167 e. The van der Waals surface area contributed by atoms with Crippen LogP contribution in [-0.2, 0) is 0 Å². The van der Waals surface area contributed by atoms with E-state index in [4.69, 9.17) is 9.97 Å². The van der Waals surface area contributed by atoms with Crippen molar-refractivity contribution >= 4 is 33.0 Å². The molecule has 0 atom stereocenters. The van der Waals surface area contributed by atoms with E-state index in [-0.39, 0.29) is 0 Å². The Hall–Kier alpha value is -5.48. The molecule has 0 fully saturated rings. The van der Waals surface area contributed by atoms with Crippen molar-refractivity contribution < 1.29 is 0 Å². The number of imidazole rings is 1. The summed E-state index contributed by atoms with van der Waals surface area (Å²) in [6.07, 6.45) is 1.89. The van der Waals surface area contributed by atoms with Gasteiger partial charge in [0.05, 0.1) is 16.7 Å². The Morgan fingerprint density at radius 3 is 1.68 bits per heavy atom. The summed E-state index contributed by atoms with van der Waals surface area (Å²) in [6, 6.07) is 48.7. The molecule has 0 aliphatic heterocycles. The molecule has 3 heterocycles. The number of fused-ring (bicyclic) bond motifs is 4. The predicted octanol–water partition coefficient (Wildman–Crippen LogP) is 8.85. The van der Waals surface area contributed by atoms with Gasteiger partial charge in [0, 0.05) is 28.2 Å². The summed E-state index contributed by atoms with van der Waals surface area (Å²) in [4.78, 5) is 10.2. The average molecular weight is 513 g/mol. The van der Waals surface area contributed by atoms with Gasteiger partial charge in [-0.3, -0.25) is 4.57 Å². The van der Waals surface area contributed by atoms with E-state index < -0.39 is 0 Å². The Labute approximate surface area is 231 Å². The number of hydrogen-bond donors (Lipinski definition) is 0. The van der Waals surface area contributed by atoms with E-state index in [9.17, 15) is 0 Å². The predicted molar refractivity (Wildman–Crippen MR) is 164 cm³/mol.